The Morgan fingerprint density at radius 2 is 1.23 bits per heavy atom. The second-order valence-corrected chi connectivity index (χ2v) is 5.55. The van der Waals surface area contributed by atoms with E-state index in [-0.39, 0.29) is 22.1 Å². The van der Waals surface area contributed by atoms with Gasteiger partial charge in [-0.05, 0) is 63.9 Å². The van der Waals surface area contributed by atoms with E-state index in [9.17, 15) is 19.2 Å². The topological polar surface area (TPSA) is 68.3 Å². The molecule has 0 aliphatic rings. The van der Waals surface area contributed by atoms with Crippen LogP contribution in [0.4, 0.5) is 0 Å². The Kier molecular flexibility index (Phi) is 4.87. The van der Waals surface area contributed by atoms with Gasteiger partial charge < -0.3 is 0 Å². The Balaban J connectivity index is 3.16. The van der Waals surface area contributed by atoms with Crippen molar-refractivity contribution in [2.45, 2.75) is 0 Å². The maximum Gasteiger partial charge on any atom is 0.253 e. The number of carbonyl (C=O) groups is 4. The molecule has 8 heteroatoms. The number of halogens is 4. The zero-order chi connectivity index (χ0) is 16.6. The molecule has 0 bridgehead atoms. The van der Waals surface area contributed by atoms with Gasteiger partial charge in [0.1, 0.15) is 0 Å². The molecule has 22 heavy (non-hydrogen) atoms. The molecular formula is C14H4Cl4O4. The first-order valence-corrected chi connectivity index (χ1v) is 7.16. The molecule has 0 saturated carbocycles. The summed E-state index contributed by atoms with van der Waals surface area (Å²) in [5.41, 5.74) is -1.17. The molecule has 2 aromatic rings. The molecule has 0 aliphatic heterocycles. The number of benzene rings is 2. The van der Waals surface area contributed by atoms with Crippen molar-refractivity contribution >= 4 is 78.1 Å². The summed E-state index contributed by atoms with van der Waals surface area (Å²) >= 11 is 21.9. The molecule has 0 amide bonds. The van der Waals surface area contributed by atoms with Gasteiger partial charge in [0.25, 0.3) is 21.0 Å². The molecule has 0 spiro atoms. The van der Waals surface area contributed by atoms with Crippen molar-refractivity contribution in [3.8, 4) is 0 Å². The Hall–Kier alpha value is -1.46. The molecule has 0 unspecified atom stereocenters. The lowest BCUT2D eigenvalue weighted by molar-refractivity contribution is 0.104. The first kappa shape index (κ1) is 16.9. The lowest BCUT2D eigenvalue weighted by Gasteiger charge is -2.12. The second-order valence-electron chi connectivity index (χ2n) is 4.17. The molecule has 4 nitrogen and oxygen atoms in total. The molecule has 2 rings (SSSR count). The van der Waals surface area contributed by atoms with Gasteiger partial charge in [0.15, 0.2) is 0 Å². The number of hydrogen-bond donors (Lipinski definition) is 0. The number of hydrogen-bond acceptors (Lipinski definition) is 4. The van der Waals surface area contributed by atoms with E-state index in [1.165, 1.54) is 24.3 Å². The van der Waals surface area contributed by atoms with Gasteiger partial charge in [-0.15, -0.1) is 0 Å². The van der Waals surface area contributed by atoms with E-state index >= 15 is 0 Å². The summed E-state index contributed by atoms with van der Waals surface area (Å²) < 4.78 is 0. The molecular weight excluding hydrogens is 374 g/mol. The van der Waals surface area contributed by atoms with Crippen LogP contribution in [0.3, 0.4) is 0 Å². The molecule has 0 heterocycles. The first-order chi connectivity index (χ1) is 10.3. The van der Waals surface area contributed by atoms with Gasteiger partial charge in [0.2, 0.25) is 0 Å². The summed E-state index contributed by atoms with van der Waals surface area (Å²) in [7, 11) is 0. The van der Waals surface area contributed by atoms with Gasteiger partial charge in [-0.1, -0.05) is 12.1 Å². The molecule has 0 saturated heterocycles. The van der Waals surface area contributed by atoms with Crippen molar-refractivity contribution in [1.29, 1.82) is 0 Å². The van der Waals surface area contributed by atoms with Crippen LogP contribution in [0.25, 0.3) is 10.8 Å². The van der Waals surface area contributed by atoms with Crippen LogP contribution >= 0.6 is 46.4 Å². The van der Waals surface area contributed by atoms with Gasteiger partial charge in [-0.3, -0.25) is 19.2 Å². The van der Waals surface area contributed by atoms with Gasteiger partial charge in [-0.25, -0.2) is 0 Å². The summed E-state index contributed by atoms with van der Waals surface area (Å²) in [6.45, 7) is 0. The van der Waals surface area contributed by atoms with E-state index in [4.69, 9.17) is 46.4 Å². The molecule has 2 aromatic carbocycles. The van der Waals surface area contributed by atoms with Crippen molar-refractivity contribution in [2.75, 3.05) is 0 Å². The third-order valence-electron chi connectivity index (χ3n) is 2.98. The van der Waals surface area contributed by atoms with Gasteiger partial charge in [0.05, 0.1) is 11.1 Å². The van der Waals surface area contributed by atoms with Crippen molar-refractivity contribution in [3.63, 3.8) is 0 Å². The third-order valence-corrected chi connectivity index (χ3v) is 3.77. The summed E-state index contributed by atoms with van der Waals surface area (Å²) in [6.07, 6.45) is 0. The van der Waals surface area contributed by atoms with Crippen LogP contribution in [0, 0.1) is 0 Å². The molecule has 0 N–H and O–H groups in total. The standard InChI is InChI=1S/C14H4Cl4O4/c15-11(19)6-3-1-2-5-4-7(12(16)20)9(13(17)21)10(8(5)6)14(18)22/h1-4H. The van der Waals surface area contributed by atoms with Crippen molar-refractivity contribution in [1.82, 2.24) is 0 Å². The fourth-order valence-corrected chi connectivity index (χ4v) is 2.87. The predicted molar refractivity (Wildman–Crippen MR) is 84.7 cm³/mol. The van der Waals surface area contributed by atoms with Gasteiger partial charge in [0, 0.05) is 16.5 Å². The van der Waals surface area contributed by atoms with Crippen LogP contribution < -0.4 is 0 Å². The van der Waals surface area contributed by atoms with Crippen LogP contribution in [-0.2, 0) is 0 Å². The summed E-state index contributed by atoms with van der Waals surface area (Å²) in [6, 6.07) is 5.59. The van der Waals surface area contributed by atoms with Crippen LogP contribution in [-0.4, -0.2) is 21.0 Å². The maximum atomic E-state index is 11.8. The molecule has 112 valence electrons. The highest BCUT2D eigenvalue weighted by atomic mass is 35.5. The summed E-state index contributed by atoms with van der Waals surface area (Å²) in [4.78, 5) is 46.5. The molecule has 0 aromatic heterocycles. The van der Waals surface area contributed by atoms with Crippen LogP contribution in [0.1, 0.15) is 41.4 Å². The van der Waals surface area contributed by atoms with E-state index in [0.29, 0.717) is 5.39 Å². The third kappa shape index (κ3) is 2.88. The molecule has 0 fully saturated rings. The van der Waals surface area contributed by atoms with Gasteiger partial charge >= 0.3 is 0 Å². The summed E-state index contributed by atoms with van der Waals surface area (Å²) in [5, 5.41) is -3.70. The monoisotopic (exact) mass is 376 g/mol. The average Bonchev–Trinajstić information content (AvgIpc) is 2.43. The van der Waals surface area contributed by atoms with Crippen molar-refractivity contribution in [2.24, 2.45) is 0 Å². The minimum absolute atomic E-state index is 0.0353. The minimum atomic E-state index is -1.10. The highest BCUT2D eigenvalue weighted by Gasteiger charge is 2.27. The lowest BCUT2D eigenvalue weighted by Crippen LogP contribution is -2.10. The Labute approximate surface area is 143 Å². The fraction of sp³-hybridized carbons (Fsp3) is 0. The van der Waals surface area contributed by atoms with Crippen molar-refractivity contribution in [3.05, 3.63) is 46.5 Å². The van der Waals surface area contributed by atoms with Gasteiger partial charge in [-0.2, -0.15) is 0 Å². The number of carbonyl (C=O) groups excluding carboxylic acids is 4. The Morgan fingerprint density at radius 3 is 1.68 bits per heavy atom. The molecule has 0 aliphatic carbocycles. The highest BCUT2D eigenvalue weighted by molar-refractivity contribution is 6.75. The smallest absolute Gasteiger partial charge is 0.253 e. The van der Waals surface area contributed by atoms with E-state index in [0.717, 1.165) is 0 Å². The zero-order valence-corrected chi connectivity index (χ0v) is 13.5. The fourth-order valence-electron chi connectivity index (χ4n) is 2.18. The van der Waals surface area contributed by atoms with Crippen LogP contribution in [0.2, 0.25) is 0 Å². The number of rotatable bonds is 4. The van der Waals surface area contributed by atoms with Crippen LogP contribution in [0.15, 0.2) is 24.3 Å². The SMILES string of the molecule is O=C(Cl)c1cc2cccc(C(=O)Cl)c2c(C(=O)Cl)c1C(=O)Cl. The normalized spacial score (nSPS) is 10.5. The van der Waals surface area contributed by atoms with Crippen LogP contribution in [0.5, 0.6) is 0 Å². The molecule has 0 radical (unpaired) electrons. The van der Waals surface area contributed by atoms with Crippen molar-refractivity contribution < 1.29 is 19.2 Å². The Morgan fingerprint density at radius 1 is 0.682 bits per heavy atom. The highest BCUT2D eigenvalue weighted by Crippen LogP contribution is 2.32. The Bertz CT molecular complexity index is 858. The summed E-state index contributed by atoms with van der Waals surface area (Å²) in [5.74, 6) is 0. The maximum absolute atomic E-state index is 11.8. The minimum Gasteiger partial charge on any atom is -0.276 e. The quantitative estimate of drug-likeness (QED) is 0.742. The van der Waals surface area contributed by atoms with E-state index < -0.39 is 26.5 Å². The average molecular weight is 378 g/mol. The largest absolute Gasteiger partial charge is 0.276 e. The predicted octanol–water partition coefficient (Wildman–Crippen LogP) is 4.36. The zero-order valence-electron chi connectivity index (χ0n) is 10.5. The number of fused-ring (bicyclic) bond motifs is 1. The van der Waals surface area contributed by atoms with E-state index in [2.05, 4.69) is 0 Å². The molecule has 0 atom stereocenters. The second kappa shape index (κ2) is 6.34. The lowest BCUT2D eigenvalue weighted by atomic mass is 9.92. The van der Waals surface area contributed by atoms with E-state index in [1.54, 1.807) is 0 Å². The van der Waals surface area contributed by atoms with E-state index in [1.807, 2.05) is 0 Å². The first-order valence-electron chi connectivity index (χ1n) is 5.64.